The van der Waals surface area contributed by atoms with E-state index in [1.807, 2.05) is 36.9 Å². The van der Waals surface area contributed by atoms with Gasteiger partial charge in [-0.3, -0.25) is 4.79 Å². The number of hydrogen-bond acceptors (Lipinski definition) is 2. The van der Waals surface area contributed by atoms with Gasteiger partial charge in [-0.2, -0.15) is 0 Å². The molecule has 0 aromatic heterocycles. The highest BCUT2D eigenvalue weighted by atomic mass is 16.2. The number of piperidine rings is 1. The first-order valence-corrected chi connectivity index (χ1v) is 9.41. The fraction of sp³-hybridized carbons (Fsp3) is 0.600. The van der Waals surface area contributed by atoms with Crippen LogP contribution in [0.15, 0.2) is 30.3 Å². The van der Waals surface area contributed by atoms with Crippen molar-refractivity contribution in [3.8, 4) is 0 Å². The van der Waals surface area contributed by atoms with Crippen molar-refractivity contribution in [3.63, 3.8) is 0 Å². The third kappa shape index (κ3) is 4.97. The Bertz CT molecular complexity index is 598. The summed E-state index contributed by atoms with van der Waals surface area (Å²) in [7, 11) is 0. The van der Waals surface area contributed by atoms with E-state index < -0.39 is 0 Å². The second-order valence-corrected chi connectivity index (χ2v) is 7.74. The molecule has 2 N–H and O–H groups in total. The molecule has 3 amide bonds. The van der Waals surface area contributed by atoms with Crippen molar-refractivity contribution in [1.29, 1.82) is 0 Å². The second kappa shape index (κ2) is 7.89. The third-order valence-electron chi connectivity index (χ3n) is 5.05. The van der Waals surface area contributed by atoms with Crippen LogP contribution in [0.25, 0.3) is 0 Å². The van der Waals surface area contributed by atoms with Crippen LogP contribution < -0.4 is 10.6 Å². The maximum Gasteiger partial charge on any atom is 0.317 e. The number of nitrogens with one attached hydrogen (secondary N) is 2. The van der Waals surface area contributed by atoms with E-state index in [4.69, 9.17) is 0 Å². The van der Waals surface area contributed by atoms with Crippen LogP contribution in [0, 0.1) is 11.8 Å². The molecule has 2 atom stereocenters. The van der Waals surface area contributed by atoms with Crippen molar-refractivity contribution >= 4 is 11.9 Å². The lowest BCUT2D eigenvalue weighted by atomic mass is 9.84. The summed E-state index contributed by atoms with van der Waals surface area (Å²) in [5, 5.41) is 6.05. The first-order valence-electron chi connectivity index (χ1n) is 9.41. The van der Waals surface area contributed by atoms with Gasteiger partial charge in [0.2, 0.25) is 5.91 Å². The molecule has 3 rings (SSSR count). The minimum Gasteiger partial charge on any atom is -0.356 e. The van der Waals surface area contributed by atoms with Crippen LogP contribution in [0.2, 0.25) is 0 Å². The molecule has 0 unspecified atom stereocenters. The van der Waals surface area contributed by atoms with E-state index in [-0.39, 0.29) is 29.8 Å². The quantitative estimate of drug-likeness (QED) is 0.863. The smallest absolute Gasteiger partial charge is 0.317 e. The van der Waals surface area contributed by atoms with E-state index in [9.17, 15) is 9.59 Å². The van der Waals surface area contributed by atoms with Gasteiger partial charge in [0.25, 0.3) is 0 Å². The normalized spacial score (nSPS) is 23.4. The molecule has 136 valence electrons. The number of benzene rings is 1. The Balaban J connectivity index is 1.70. The van der Waals surface area contributed by atoms with Gasteiger partial charge in [-0.05, 0) is 44.6 Å². The number of amides is 3. The number of carbonyl (C=O) groups is 2. The van der Waals surface area contributed by atoms with Crippen molar-refractivity contribution < 1.29 is 9.59 Å². The molecule has 0 radical (unpaired) electrons. The lowest BCUT2D eigenvalue weighted by Crippen LogP contribution is -2.52. The fourth-order valence-corrected chi connectivity index (χ4v) is 3.47. The minimum atomic E-state index is -0.143. The van der Waals surface area contributed by atoms with E-state index in [1.54, 1.807) is 0 Å². The Hall–Kier alpha value is -2.04. The van der Waals surface area contributed by atoms with Gasteiger partial charge < -0.3 is 15.5 Å². The average molecular weight is 343 g/mol. The zero-order valence-electron chi connectivity index (χ0n) is 15.2. The topological polar surface area (TPSA) is 61.4 Å². The molecule has 2 fully saturated rings. The SMILES string of the molecule is CC(C)NC(=O)N1C[C@@H](C(=O)NCC2CC2)C[C@H](c2ccccc2)C1. The van der Waals surface area contributed by atoms with Gasteiger partial charge in [-0.15, -0.1) is 0 Å². The molecule has 1 aliphatic carbocycles. The highest BCUT2D eigenvalue weighted by molar-refractivity contribution is 5.81. The van der Waals surface area contributed by atoms with Gasteiger partial charge in [-0.25, -0.2) is 4.79 Å². The number of hydrogen-bond donors (Lipinski definition) is 2. The molecular weight excluding hydrogens is 314 g/mol. The number of likely N-dealkylation sites (tertiary alicyclic amines) is 1. The number of nitrogens with zero attached hydrogens (tertiary/aromatic N) is 1. The largest absolute Gasteiger partial charge is 0.356 e. The summed E-state index contributed by atoms with van der Waals surface area (Å²) in [5.41, 5.74) is 1.20. The standard InChI is InChI=1S/C20H29N3O2/c1-14(2)22-20(25)23-12-17(16-6-4-3-5-7-16)10-18(13-23)19(24)21-11-15-8-9-15/h3-7,14-15,17-18H,8-13H2,1-2H3,(H,21,24)(H,22,25)/t17-,18-/m0/s1. The van der Waals surface area contributed by atoms with Gasteiger partial charge in [0.1, 0.15) is 0 Å². The molecule has 1 aromatic rings. The highest BCUT2D eigenvalue weighted by Crippen LogP contribution is 2.31. The summed E-state index contributed by atoms with van der Waals surface area (Å²) in [4.78, 5) is 26.9. The van der Waals surface area contributed by atoms with Crippen molar-refractivity contribution in [2.75, 3.05) is 19.6 Å². The van der Waals surface area contributed by atoms with Crippen LogP contribution in [0.1, 0.15) is 44.6 Å². The monoisotopic (exact) mass is 343 g/mol. The maximum atomic E-state index is 12.6. The van der Waals surface area contributed by atoms with Crippen LogP contribution in [-0.4, -0.2) is 42.5 Å². The summed E-state index contributed by atoms with van der Waals surface area (Å²) < 4.78 is 0. The van der Waals surface area contributed by atoms with Crippen LogP contribution in [0.5, 0.6) is 0 Å². The van der Waals surface area contributed by atoms with Crippen LogP contribution in [-0.2, 0) is 4.79 Å². The lowest BCUT2D eigenvalue weighted by molar-refractivity contribution is -0.126. The first-order chi connectivity index (χ1) is 12.0. The van der Waals surface area contributed by atoms with Crippen LogP contribution in [0.3, 0.4) is 0 Å². The fourth-order valence-electron chi connectivity index (χ4n) is 3.47. The van der Waals surface area contributed by atoms with Crippen LogP contribution >= 0.6 is 0 Å². The van der Waals surface area contributed by atoms with E-state index in [0.29, 0.717) is 19.0 Å². The van der Waals surface area contributed by atoms with Gasteiger partial charge in [0.15, 0.2) is 0 Å². The second-order valence-electron chi connectivity index (χ2n) is 7.74. The summed E-state index contributed by atoms with van der Waals surface area (Å²) in [6, 6.07) is 10.2. The minimum absolute atomic E-state index is 0.0735. The van der Waals surface area contributed by atoms with Crippen molar-refractivity contribution in [3.05, 3.63) is 35.9 Å². The Morgan fingerprint density at radius 2 is 1.88 bits per heavy atom. The molecule has 5 nitrogen and oxygen atoms in total. The Kier molecular flexibility index (Phi) is 5.61. The number of carbonyl (C=O) groups excluding carboxylic acids is 2. The molecule has 1 aliphatic heterocycles. The molecule has 1 aromatic carbocycles. The number of urea groups is 1. The van der Waals surface area contributed by atoms with Gasteiger partial charge in [-0.1, -0.05) is 30.3 Å². The van der Waals surface area contributed by atoms with E-state index >= 15 is 0 Å². The molecule has 1 heterocycles. The predicted octanol–water partition coefficient (Wildman–Crippen LogP) is 2.74. The van der Waals surface area contributed by atoms with Gasteiger partial charge in [0, 0.05) is 31.6 Å². The highest BCUT2D eigenvalue weighted by Gasteiger charge is 2.35. The van der Waals surface area contributed by atoms with Crippen LogP contribution in [0.4, 0.5) is 4.79 Å². The summed E-state index contributed by atoms with van der Waals surface area (Å²) >= 11 is 0. The predicted molar refractivity (Wildman–Crippen MR) is 98.3 cm³/mol. The van der Waals surface area contributed by atoms with Crippen molar-refractivity contribution in [2.45, 2.75) is 45.1 Å². The third-order valence-corrected chi connectivity index (χ3v) is 5.05. The van der Waals surface area contributed by atoms with Crippen molar-refractivity contribution in [2.24, 2.45) is 11.8 Å². The molecule has 1 saturated heterocycles. The molecule has 25 heavy (non-hydrogen) atoms. The Morgan fingerprint density at radius 1 is 1.16 bits per heavy atom. The lowest BCUT2D eigenvalue weighted by Gasteiger charge is -2.37. The molecule has 0 spiro atoms. The maximum absolute atomic E-state index is 12.6. The average Bonchev–Trinajstić information content (AvgIpc) is 3.44. The molecule has 2 aliphatic rings. The van der Waals surface area contributed by atoms with Gasteiger partial charge in [0.05, 0.1) is 5.92 Å². The Labute approximate surface area is 150 Å². The summed E-state index contributed by atoms with van der Waals surface area (Å²) in [5.74, 6) is 0.813. The summed E-state index contributed by atoms with van der Waals surface area (Å²) in [6.45, 7) is 5.85. The van der Waals surface area contributed by atoms with Gasteiger partial charge >= 0.3 is 6.03 Å². The summed E-state index contributed by atoms with van der Waals surface area (Å²) in [6.07, 6.45) is 3.24. The number of rotatable bonds is 5. The molecular formula is C20H29N3O2. The van der Waals surface area contributed by atoms with E-state index in [0.717, 1.165) is 13.0 Å². The zero-order valence-corrected chi connectivity index (χ0v) is 15.2. The first kappa shape index (κ1) is 17.8. The zero-order chi connectivity index (χ0) is 17.8. The Morgan fingerprint density at radius 3 is 2.52 bits per heavy atom. The van der Waals surface area contributed by atoms with E-state index in [2.05, 4.69) is 22.8 Å². The molecule has 1 saturated carbocycles. The molecule has 0 bridgehead atoms. The molecule has 5 heteroatoms. The van der Waals surface area contributed by atoms with Crippen molar-refractivity contribution in [1.82, 2.24) is 15.5 Å². The van der Waals surface area contributed by atoms with E-state index in [1.165, 1.54) is 18.4 Å².